The predicted molar refractivity (Wildman–Crippen MR) is 114 cm³/mol. The lowest BCUT2D eigenvalue weighted by Crippen LogP contribution is -2.37. The maximum Gasteiger partial charge on any atom is 0.337 e. The van der Waals surface area contributed by atoms with Crippen LogP contribution < -0.4 is 10.2 Å². The molecule has 1 fully saturated rings. The van der Waals surface area contributed by atoms with Crippen molar-refractivity contribution in [3.05, 3.63) is 58.6 Å². The van der Waals surface area contributed by atoms with Crippen molar-refractivity contribution in [1.82, 2.24) is 0 Å². The van der Waals surface area contributed by atoms with Crippen molar-refractivity contribution < 1.29 is 24.2 Å². The number of piperidine rings is 1. The van der Waals surface area contributed by atoms with Gasteiger partial charge in [0.25, 0.3) is 5.91 Å². The fourth-order valence-corrected chi connectivity index (χ4v) is 3.70. The summed E-state index contributed by atoms with van der Waals surface area (Å²) in [4.78, 5) is 38.1. The van der Waals surface area contributed by atoms with Crippen LogP contribution in [0.2, 0.25) is 5.02 Å². The number of anilines is 2. The average Bonchev–Trinajstić information content (AvgIpc) is 2.74. The summed E-state index contributed by atoms with van der Waals surface area (Å²) in [5, 5.41) is 12.8. The van der Waals surface area contributed by atoms with E-state index < -0.39 is 5.97 Å². The number of rotatable bonds is 6. The number of ether oxygens (including phenoxy) is 1. The van der Waals surface area contributed by atoms with E-state index >= 15 is 0 Å². The summed E-state index contributed by atoms with van der Waals surface area (Å²) < 4.78 is 5.08. The molecule has 2 aromatic carbocycles. The predicted octanol–water partition coefficient (Wildman–Crippen LogP) is 4.07. The Morgan fingerprint density at radius 1 is 1.17 bits per heavy atom. The molecule has 8 heteroatoms. The molecule has 0 radical (unpaired) electrons. The summed E-state index contributed by atoms with van der Waals surface area (Å²) >= 11 is 5.92. The Kier molecular flexibility index (Phi) is 6.95. The number of carbonyl (C=O) groups excluding carboxylic acids is 2. The molecule has 0 saturated carbocycles. The van der Waals surface area contributed by atoms with Crippen LogP contribution in [-0.2, 0) is 9.53 Å². The van der Waals surface area contributed by atoms with Crippen molar-refractivity contribution >= 4 is 40.8 Å². The molecule has 30 heavy (non-hydrogen) atoms. The van der Waals surface area contributed by atoms with Gasteiger partial charge in [-0.1, -0.05) is 17.7 Å². The molecule has 0 aromatic heterocycles. The Morgan fingerprint density at radius 3 is 2.53 bits per heavy atom. The van der Waals surface area contributed by atoms with Crippen LogP contribution in [-0.4, -0.2) is 42.6 Å². The molecule has 0 unspecified atom stereocenters. The molecule has 0 aliphatic carbocycles. The third-order valence-corrected chi connectivity index (χ3v) is 5.26. The second-order valence-corrected chi connectivity index (χ2v) is 7.45. The average molecular weight is 431 g/mol. The Labute approximate surface area is 179 Å². The fourth-order valence-electron chi connectivity index (χ4n) is 3.51. The van der Waals surface area contributed by atoms with Gasteiger partial charge in [0.1, 0.15) is 0 Å². The number of aromatic carboxylic acids is 1. The largest absolute Gasteiger partial charge is 0.478 e. The van der Waals surface area contributed by atoms with E-state index in [9.17, 15) is 19.5 Å². The molecule has 3 rings (SSSR count). The number of nitrogens with one attached hydrogen (secondary N) is 1. The number of carbonyl (C=O) groups is 3. The Bertz CT molecular complexity index is 954. The first-order valence-electron chi connectivity index (χ1n) is 9.75. The molecular formula is C22H23ClN2O5. The minimum Gasteiger partial charge on any atom is -0.478 e. The van der Waals surface area contributed by atoms with Gasteiger partial charge in [-0.15, -0.1) is 0 Å². The normalized spacial score (nSPS) is 14.3. The molecule has 7 nitrogen and oxygen atoms in total. The quantitative estimate of drug-likeness (QED) is 0.670. The number of esters is 1. The number of carboxylic acids is 1. The molecule has 1 aliphatic heterocycles. The number of amides is 1. The molecule has 1 aliphatic rings. The van der Waals surface area contributed by atoms with Crippen molar-refractivity contribution in [1.29, 1.82) is 0 Å². The van der Waals surface area contributed by atoms with Crippen molar-refractivity contribution in [3.63, 3.8) is 0 Å². The molecule has 2 aromatic rings. The van der Waals surface area contributed by atoms with E-state index in [-0.39, 0.29) is 23.4 Å². The van der Waals surface area contributed by atoms with Gasteiger partial charge in [-0.2, -0.15) is 0 Å². The zero-order valence-electron chi connectivity index (χ0n) is 16.6. The standard InChI is InChI=1S/C22H23ClN2O5/c1-2-30-22(29)14-8-10-25(11-9-14)19-7-6-17(13-18(19)21(27)28)24-20(26)15-4-3-5-16(23)12-15/h3-7,12-14H,2,8-11H2,1H3,(H,24,26)(H,27,28). The molecule has 0 atom stereocenters. The third kappa shape index (κ3) is 5.10. The van der Waals surface area contributed by atoms with E-state index in [1.165, 1.54) is 12.1 Å². The van der Waals surface area contributed by atoms with Crippen molar-refractivity contribution in [2.75, 3.05) is 29.9 Å². The lowest BCUT2D eigenvalue weighted by atomic mass is 9.96. The van der Waals surface area contributed by atoms with Gasteiger partial charge >= 0.3 is 11.9 Å². The van der Waals surface area contributed by atoms with Gasteiger partial charge in [0.05, 0.1) is 23.8 Å². The van der Waals surface area contributed by atoms with E-state index in [4.69, 9.17) is 16.3 Å². The minimum absolute atomic E-state index is 0.0912. The van der Waals surface area contributed by atoms with Crippen LogP contribution in [0.5, 0.6) is 0 Å². The first-order chi connectivity index (χ1) is 14.4. The van der Waals surface area contributed by atoms with Crippen molar-refractivity contribution in [2.45, 2.75) is 19.8 Å². The number of benzene rings is 2. The molecular weight excluding hydrogens is 408 g/mol. The minimum atomic E-state index is -1.09. The number of hydrogen-bond acceptors (Lipinski definition) is 5. The summed E-state index contributed by atoms with van der Waals surface area (Å²) in [6.45, 7) is 3.24. The molecule has 1 saturated heterocycles. The summed E-state index contributed by atoms with van der Waals surface area (Å²) in [5.74, 6) is -1.83. The molecule has 0 spiro atoms. The van der Waals surface area contributed by atoms with Crippen molar-refractivity contribution in [2.24, 2.45) is 5.92 Å². The topological polar surface area (TPSA) is 95.9 Å². The molecule has 0 bridgehead atoms. The summed E-state index contributed by atoms with van der Waals surface area (Å²) in [6, 6.07) is 11.3. The first-order valence-corrected chi connectivity index (χ1v) is 10.1. The second kappa shape index (κ2) is 9.63. The van der Waals surface area contributed by atoms with Gasteiger partial charge in [-0.25, -0.2) is 4.79 Å². The van der Waals surface area contributed by atoms with Gasteiger partial charge in [-0.3, -0.25) is 9.59 Å². The number of hydrogen-bond donors (Lipinski definition) is 2. The zero-order chi connectivity index (χ0) is 21.7. The molecule has 2 N–H and O–H groups in total. The number of carboxylic acid groups (broad SMARTS) is 1. The fraction of sp³-hybridized carbons (Fsp3) is 0.318. The Balaban J connectivity index is 1.74. The third-order valence-electron chi connectivity index (χ3n) is 5.03. The SMILES string of the molecule is CCOC(=O)C1CCN(c2ccc(NC(=O)c3cccc(Cl)c3)cc2C(=O)O)CC1. The number of halogens is 1. The van der Waals surface area contributed by atoms with Crippen LogP contribution >= 0.6 is 11.6 Å². The van der Waals surface area contributed by atoms with Crippen LogP contribution in [0.3, 0.4) is 0 Å². The van der Waals surface area contributed by atoms with Gasteiger partial charge in [0.15, 0.2) is 0 Å². The van der Waals surface area contributed by atoms with Gasteiger partial charge in [-0.05, 0) is 56.2 Å². The molecule has 1 heterocycles. The summed E-state index contributed by atoms with van der Waals surface area (Å²) in [5.41, 5.74) is 1.41. The Morgan fingerprint density at radius 2 is 1.90 bits per heavy atom. The maximum atomic E-state index is 12.4. The van der Waals surface area contributed by atoms with Gasteiger partial charge in [0.2, 0.25) is 0 Å². The lowest BCUT2D eigenvalue weighted by molar-refractivity contribution is -0.148. The second-order valence-electron chi connectivity index (χ2n) is 7.01. The van der Waals surface area contributed by atoms with Crippen LogP contribution in [0.15, 0.2) is 42.5 Å². The van der Waals surface area contributed by atoms with E-state index in [1.54, 1.807) is 37.3 Å². The van der Waals surface area contributed by atoms with Crippen LogP contribution in [0.25, 0.3) is 0 Å². The van der Waals surface area contributed by atoms with Gasteiger partial charge < -0.3 is 20.1 Å². The van der Waals surface area contributed by atoms with E-state index in [2.05, 4.69) is 5.32 Å². The highest BCUT2D eigenvalue weighted by Gasteiger charge is 2.28. The van der Waals surface area contributed by atoms with E-state index in [1.807, 2.05) is 4.90 Å². The molecule has 1 amide bonds. The molecule has 158 valence electrons. The van der Waals surface area contributed by atoms with Crippen LogP contribution in [0.1, 0.15) is 40.5 Å². The van der Waals surface area contributed by atoms with Crippen molar-refractivity contribution in [3.8, 4) is 0 Å². The number of nitrogens with zero attached hydrogens (tertiary/aromatic N) is 1. The highest BCUT2D eigenvalue weighted by molar-refractivity contribution is 6.31. The summed E-state index contributed by atoms with van der Waals surface area (Å²) in [6.07, 6.45) is 1.20. The van der Waals surface area contributed by atoms with Crippen LogP contribution in [0.4, 0.5) is 11.4 Å². The Hall–Kier alpha value is -3.06. The highest BCUT2D eigenvalue weighted by atomic mass is 35.5. The lowest BCUT2D eigenvalue weighted by Gasteiger charge is -2.33. The highest BCUT2D eigenvalue weighted by Crippen LogP contribution is 2.29. The smallest absolute Gasteiger partial charge is 0.337 e. The summed E-state index contributed by atoms with van der Waals surface area (Å²) in [7, 11) is 0. The van der Waals surface area contributed by atoms with Gasteiger partial charge in [0, 0.05) is 29.4 Å². The zero-order valence-corrected chi connectivity index (χ0v) is 17.3. The van der Waals surface area contributed by atoms with E-state index in [0.29, 0.717) is 54.5 Å². The van der Waals surface area contributed by atoms with Crippen LogP contribution in [0, 0.1) is 5.92 Å². The first kappa shape index (κ1) is 21.6. The monoisotopic (exact) mass is 430 g/mol. The maximum absolute atomic E-state index is 12.4. The van der Waals surface area contributed by atoms with E-state index in [0.717, 1.165) is 0 Å².